The van der Waals surface area contributed by atoms with Crippen LogP contribution in [0.2, 0.25) is 5.02 Å². The number of nitrogens with one attached hydrogen (secondary N) is 1. The number of nitrogens with two attached hydrogens (primary N) is 1. The molecule has 8 heteroatoms. The summed E-state index contributed by atoms with van der Waals surface area (Å²) in [6.45, 7) is 0.0623. The third kappa shape index (κ3) is 3.19. The van der Waals surface area contributed by atoms with Gasteiger partial charge in [-0.2, -0.15) is 0 Å². The Labute approximate surface area is 116 Å². The first-order chi connectivity index (χ1) is 8.60. The number of benzene rings is 1. The summed E-state index contributed by atoms with van der Waals surface area (Å²) in [5, 5.41) is -1.17. The zero-order valence-electron chi connectivity index (χ0n) is 9.28. The number of hydrogen-bond donors (Lipinski definition) is 2. The number of rotatable bonds is 6. The highest BCUT2D eigenvalue weighted by Crippen LogP contribution is 2.37. The lowest BCUT2D eigenvalue weighted by molar-refractivity contribution is -0.137. The standard InChI is InChI=1S/C10H11Cl2N2O3P/c11-5-6-17-10(18-16,9(15)14-13)7-1-3-8(12)4-2-7/h1-4H,5-6,13H2,(H,14,15)/p+1. The van der Waals surface area contributed by atoms with Crippen LogP contribution in [0.5, 0.6) is 0 Å². The number of hydrogen-bond acceptors (Lipinski definition) is 4. The Balaban J connectivity index is 3.20. The van der Waals surface area contributed by atoms with E-state index in [1.165, 1.54) is 0 Å². The molecule has 3 N–H and O–H groups in total. The first-order valence-electron chi connectivity index (χ1n) is 4.97. The van der Waals surface area contributed by atoms with Gasteiger partial charge in [-0.25, -0.2) is 5.84 Å². The minimum atomic E-state index is -1.66. The summed E-state index contributed by atoms with van der Waals surface area (Å²) in [6, 6.07) is 6.24. The molecule has 0 bridgehead atoms. The van der Waals surface area contributed by atoms with Gasteiger partial charge in [0.15, 0.2) is 0 Å². The second kappa shape index (κ2) is 7.02. The highest BCUT2D eigenvalue weighted by molar-refractivity contribution is 7.27. The van der Waals surface area contributed by atoms with E-state index < -0.39 is 19.7 Å². The third-order valence-corrected chi connectivity index (χ3v) is 3.59. The van der Waals surface area contributed by atoms with Gasteiger partial charge >= 0.3 is 19.7 Å². The molecule has 5 nitrogen and oxygen atoms in total. The Morgan fingerprint density at radius 2 is 2.06 bits per heavy atom. The Morgan fingerprint density at radius 3 is 2.50 bits per heavy atom. The molecule has 1 aromatic rings. The molecule has 0 radical (unpaired) electrons. The van der Waals surface area contributed by atoms with E-state index in [-0.39, 0.29) is 12.5 Å². The monoisotopic (exact) mass is 309 g/mol. The number of ether oxygens (including phenoxy) is 1. The molecule has 1 rings (SSSR count). The largest absolute Gasteiger partial charge is 0.375 e. The molecular weight excluding hydrogens is 298 g/mol. The highest BCUT2D eigenvalue weighted by Gasteiger charge is 2.50. The molecular formula is C10H12Cl2N2O3P+. The molecule has 2 atom stereocenters. The minimum absolute atomic E-state index is 0.0623. The lowest BCUT2D eigenvalue weighted by Crippen LogP contribution is -2.46. The maximum Gasteiger partial charge on any atom is 0.375 e. The van der Waals surface area contributed by atoms with E-state index in [1.807, 2.05) is 5.43 Å². The van der Waals surface area contributed by atoms with Crippen molar-refractivity contribution in [2.75, 3.05) is 12.5 Å². The third-order valence-electron chi connectivity index (χ3n) is 2.24. The van der Waals surface area contributed by atoms with Crippen LogP contribution in [-0.2, 0) is 19.4 Å². The zero-order chi connectivity index (χ0) is 13.6. The normalized spacial score (nSPS) is 14.2. The fourth-order valence-corrected chi connectivity index (χ4v) is 2.21. The molecule has 1 aromatic carbocycles. The lowest BCUT2D eigenvalue weighted by Gasteiger charge is -2.19. The highest BCUT2D eigenvalue weighted by atomic mass is 35.5. The van der Waals surface area contributed by atoms with Gasteiger partial charge < -0.3 is 4.74 Å². The van der Waals surface area contributed by atoms with Crippen molar-refractivity contribution >= 4 is 37.6 Å². The molecule has 0 aromatic heterocycles. The molecule has 0 aliphatic heterocycles. The van der Waals surface area contributed by atoms with E-state index in [1.54, 1.807) is 24.3 Å². The van der Waals surface area contributed by atoms with Gasteiger partial charge in [-0.3, -0.25) is 10.2 Å². The summed E-state index contributed by atoms with van der Waals surface area (Å²) < 4.78 is 16.8. The van der Waals surface area contributed by atoms with Crippen molar-refractivity contribution < 1.29 is 14.1 Å². The van der Waals surface area contributed by atoms with E-state index in [4.69, 9.17) is 33.8 Å². The van der Waals surface area contributed by atoms with Crippen molar-refractivity contribution in [3.8, 4) is 0 Å². The van der Waals surface area contributed by atoms with Crippen molar-refractivity contribution in [2.24, 2.45) is 5.84 Å². The van der Waals surface area contributed by atoms with Crippen molar-refractivity contribution in [1.29, 1.82) is 0 Å². The van der Waals surface area contributed by atoms with Crippen molar-refractivity contribution in [3.05, 3.63) is 34.9 Å². The van der Waals surface area contributed by atoms with Gasteiger partial charge in [-0.1, -0.05) is 16.2 Å². The van der Waals surface area contributed by atoms with E-state index in [9.17, 15) is 9.36 Å². The predicted octanol–water partition coefficient (Wildman–Crippen LogP) is 1.76. The average Bonchev–Trinajstić information content (AvgIpc) is 2.41. The van der Waals surface area contributed by atoms with Crippen LogP contribution in [0.25, 0.3) is 0 Å². The number of amides is 1. The second-order valence-electron chi connectivity index (χ2n) is 3.30. The van der Waals surface area contributed by atoms with Gasteiger partial charge in [-0.15, -0.1) is 11.6 Å². The van der Waals surface area contributed by atoms with E-state index >= 15 is 0 Å². The maximum atomic E-state index is 11.8. The first kappa shape index (κ1) is 15.3. The summed E-state index contributed by atoms with van der Waals surface area (Å²) in [4.78, 5) is 11.8. The summed E-state index contributed by atoms with van der Waals surface area (Å²) >= 11 is 11.3. The molecule has 0 aliphatic rings. The number of halogens is 2. The van der Waals surface area contributed by atoms with Gasteiger partial charge in [0.2, 0.25) is 0 Å². The SMILES string of the molecule is NNC(=O)C(OCCCl)([PH+]=O)c1ccc(Cl)cc1. The predicted molar refractivity (Wildman–Crippen MR) is 71.1 cm³/mol. The number of alkyl halides is 1. The molecule has 0 saturated carbocycles. The molecule has 1 amide bonds. The van der Waals surface area contributed by atoms with Gasteiger partial charge in [0.05, 0.1) is 6.61 Å². The number of hydrazine groups is 1. The minimum Gasteiger partial charge on any atom is -0.320 e. The number of carbonyl (C=O) groups is 1. The van der Waals surface area contributed by atoms with Crippen LogP contribution in [-0.4, -0.2) is 18.4 Å². The van der Waals surface area contributed by atoms with E-state index in [0.29, 0.717) is 10.6 Å². The van der Waals surface area contributed by atoms with Gasteiger partial charge in [0.1, 0.15) is 0 Å². The summed E-state index contributed by atoms with van der Waals surface area (Å²) in [6.07, 6.45) is 0. The van der Waals surface area contributed by atoms with Crippen LogP contribution in [0.15, 0.2) is 24.3 Å². The Morgan fingerprint density at radius 1 is 1.44 bits per heavy atom. The summed E-state index contributed by atoms with van der Waals surface area (Å²) in [5.41, 5.74) is 2.34. The Hall–Kier alpha value is -0.710. The van der Waals surface area contributed by atoms with Gasteiger partial charge in [0, 0.05) is 16.5 Å². The molecule has 18 heavy (non-hydrogen) atoms. The summed E-state index contributed by atoms with van der Waals surface area (Å²) in [7, 11) is -1.08. The fraction of sp³-hybridized carbons (Fsp3) is 0.300. The Kier molecular flexibility index (Phi) is 5.99. The van der Waals surface area contributed by atoms with Gasteiger partial charge in [-0.05, 0) is 24.3 Å². The first-order valence-corrected chi connectivity index (χ1v) is 6.79. The van der Waals surface area contributed by atoms with E-state index in [0.717, 1.165) is 0 Å². The van der Waals surface area contributed by atoms with Crippen LogP contribution in [0, 0.1) is 0 Å². The average molecular weight is 310 g/mol. The van der Waals surface area contributed by atoms with Crippen LogP contribution in [0.3, 0.4) is 0 Å². The van der Waals surface area contributed by atoms with Crippen LogP contribution in [0.4, 0.5) is 0 Å². The molecule has 98 valence electrons. The van der Waals surface area contributed by atoms with Crippen LogP contribution < -0.4 is 11.3 Å². The molecule has 0 spiro atoms. The fourth-order valence-electron chi connectivity index (χ4n) is 1.39. The molecule has 2 unspecified atom stereocenters. The van der Waals surface area contributed by atoms with Crippen molar-refractivity contribution in [2.45, 2.75) is 5.34 Å². The second-order valence-corrected chi connectivity index (χ2v) is 5.02. The smallest absolute Gasteiger partial charge is 0.320 e. The summed E-state index contributed by atoms with van der Waals surface area (Å²) in [5.74, 6) is 4.56. The van der Waals surface area contributed by atoms with Crippen LogP contribution >= 0.6 is 31.7 Å². The lowest BCUT2D eigenvalue weighted by atomic mass is 10.1. The van der Waals surface area contributed by atoms with Crippen molar-refractivity contribution in [1.82, 2.24) is 5.43 Å². The number of carbonyl (C=O) groups excluding carboxylic acids is 1. The van der Waals surface area contributed by atoms with E-state index in [2.05, 4.69) is 0 Å². The topological polar surface area (TPSA) is 81.4 Å². The van der Waals surface area contributed by atoms with Crippen molar-refractivity contribution in [3.63, 3.8) is 0 Å². The van der Waals surface area contributed by atoms with Crippen LogP contribution in [0.1, 0.15) is 5.56 Å². The molecule has 0 heterocycles. The quantitative estimate of drug-likeness (QED) is 0.276. The maximum absolute atomic E-state index is 11.8. The molecule has 0 aliphatic carbocycles. The molecule has 0 fully saturated rings. The van der Waals surface area contributed by atoms with Gasteiger partial charge in [0.25, 0.3) is 0 Å². The zero-order valence-corrected chi connectivity index (χ0v) is 11.8. The molecule has 0 saturated heterocycles. The Bertz CT molecular complexity index is 430.